The quantitative estimate of drug-likeness (QED) is 0.588. The van der Waals surface area contributed by atoms with Gasteiger partial charge in [0.1, 0.15) is 11.6 Å². The molecule has 0 aliphatic carbocycles. The number of hydrogen-bond donors (Lipinski definition) is 2. The van der Waals surface area contributed by atoms with E-state index in [9.17, 15) is 9.90 Å². The summed E-state index contributed by atoms with van der Waals surface area (Å²) in [4.78, 5) is 19.1. The molecule has 2 N–H and O–H groups in total. The number of nitrogens with zero attached hydrogens (tertiary/aromatic N) is 2. The molecule has 2 aromatic carbocycles. The Morgan fingerprint density at radius 2 is 1.80 bits per heavy atom. The van der Waals surface area contributed by atoms with E-state index in [1.165, 1.54) is 6.07 Å². The molecule has 0 saturated heterocycles. The number of aromatic amines is 1. The molecule has 0 fully saturated rings. The summed E-state index contributed by atoms with van der Waals surface area (Å²) < 4.78 is 2.03. The second kappa shape index (κ2) is 5.63. The van der Waals surface area contributed by atoms with Gasteiger partial charge in [-0.15, -0.1) is 0 Å². The molecule has 5 nitrogen and oxygen atoms in total. The highest BCUT2D eigenvalue weighted by Crippen LogP contribution is 2.25. The maximum absolute atomic E-state index is 11.5. The third-order valence-corrected chi connectivity index (χ3v) is 4.34. The van der Waals surface area contributed by atoms with Gasteiger partial charge in [-0.2, -0.15) is 0 Å². The summed E-state index contributed by atoms with van der Waals surface area (Å²) in [5, 5.41) is 10.4. The molecular formula is C20H17N3O2. The fourth-order valence-electron chi connectivity index (χ4n) is 3.07. The number of aromatic nitrogens is 3. The van der Waals surface area contributed by atoms with E-state index in [-0.39, 0.29) is 11.3 Å². The number of imidazole rings is 1. The van der Waals surface area contributed by atoms with Crippen molar-refractivity contribution in [3.05, 3.63) is 76.5 Å². The predicted octanol–water partition coefficient (Wildman–Crippen LogP) is 3.70. The zero-order valence-electron chi connectivity index (χ0n) is 13.9. The summed E-state index contributed by atoms with van der Waals surface area (Å²) in [7, 11) is 0. The zero-order valence-corrected chi connectivity index (χ0v) is 13.9. The number of rotatable bonds is 2. The van der Waals surface area contributed by atoms with Crippen molar-refractivity contribution in [3.63, 3.8) is 0 Å². The summed E-state index contributed by atoms with van der Waals surface area (Å²) in [5.74, 6) is 1.10. The molecule has 5 heteroatoms. The van der Waals surface area contributed by atoms with Gasteiger partial charge < -0.3 is 14.7 Å². The molecule has 0 atom stereocenters. The topological polar surface area (TPSA) is 70.9 Å². The molecule has 0 saturated carbocycles. The van der Waals surface area contributed by atoms with Crippen molar-refractivity contribution < 1.29 is 5.11 Å². The highest BCUT2D eigenvalue weighted by molar-refractivity contribution is 5.84. The summed E-state index contributed by atoms with van der Waals surface area (Å²) in [6, 6.07) is 14.4. The number of fused-ring (bicyclic) bond motifs is 1. The van der Waals surface area contributed by atoms with Crippen LogP contribution in [0.3, 0.4) is 0 Å². The van der Waals surface area contributed by atoms with E-state index in [0.29, 0.717) is 0 Å². The minimum atomic E-state index is -0.100. The first-order chi connectivity index (χ1) is 12.0. The van der Waals surface area contributed by atoms with E-state index in [1.807, 2.05) is 54.9 Å². The molecule has 0 spiro atoms. The molecule has 124 valence electrons. The van der Waals surface area contributed by atoms with E-state index in [2.05, 4.69) is 9.97 Å². The van der Waals surface area contributed by atoms with Crippen LogP contribution in [0, 0.1) is 13.8 Å². The van der Waals surface area contributed by atoms with E-state index < -0.39 is 0 Å². The summed E-state index contributed by atoms with van der Waals surface area (Å²) in [5.41, 5.74) is 4.54. The van der Waals surface area contributed by atoms with E-state index in [4.69, 9.17) is 0 Å². The molecule has 4 aromatic rings. The summed E-state index contributed by atoms with van der Waals surface area (Å²) in [6.45, 7) is 3.94. The van der Waals surface area contributed by atoms with Gasteiger partial charge in [-0.3, -0.25) is 4.79 Å². The number of phenolic OH excluding ortho intramolecular Hbond substituents is 1. The van der Waals surface area contributed by atoms with Crippen molar-refractivity contribution in [1.29, 1.82) is 0 Å². The van der Waals surface area contributed by atoms with Crippen LogP contribution in [0.25, 0.3) is 27.8 Å². The van der Waals surface area contributed by atoms with Crippen LogP contribution in [0.15, 0.2) is 59.5 Å². The lowest BCUT2D eigenvalue weighted by atomic mass is 10.1. The maximum Gasteiger partial charge on any atom is 0.248 e. The second-order valence-electron chi connectivity index (χ2n) is 6.14. The van der Waals surface area contributed by atoms with Crippen molar-refractivity contribution in [2.24, 2.45) is 0 Å². The van der Waals surface area contributed by atoms with Crippen LogP contribution in [0.4, 0.5) is 0 Å². The average Bonchev–Trinajstić information content (AvgIpc) is 2.98. The van der Waals surface area contributed by atoms with Crippen LogP contribution >= 0.6 is 0 Å². The molecule has 0 radical (unpaired) electrons. The number of benzene rings is 2. The van der Waals surface area contributed by atoms with Crippen molar-refractivity contribution >= 4 is 10.9 Å². The third-order valence-electron chi connectivity index (χ3n) is 4.34. The number of aromatic hydroxyl groups is 1. The lowest BCUT2D eigenvalue weighted by Gasteiger charge is -2.09. The molecule has 0 aliphatic heterocycles. The predicted molar refractivity (Wildman–Crippen MR) is 98.3 cm³/mol. The smallest absolute Gasteiger partial charge is 0.248 e. The first-order valence-corrected chi connectivity index (χ1v) is 8.01. The Kier molecular flexibility index (Phi) is 3.42. The van der Waals surface area contributed by atoms with Gasteiger partial charge in [-0.1, -0.05) is 0 Å². The minimum Gasteiger partial charge on any atom is -0.508 e. The van der Waals surface area contributed by atoms with Gasteiger partial charge in [0.25, 0.3) is 0 Å². The first-order valence-electron chi connectivity index (χ1n) is 8.01. The SMILES string of the molecule is Cc1cc(-n2cc(-c3ccc(O)cc3)nc2C)cc2ccc(=O)[nH]c12. The molecule has 4 rings (SSSR count). The van der Waals surface area contributed by atoms with Gasteiger partial charge in [0.2, 0.25) is 5.56 Å². The Morgan fingerprint density at radius 3 is 2.56 bits per heavy atom. The standard InChI is InChI=1S/C20H17N3O2/c1-12-9-16(10-15-5-8-19(25)22-20(12)15)23-11-18(21-13(23)2)14-3-6-17(24)7-4-14/h3-11,24H,1-2H3,(H,22,25). The minimum absolute atomic E-state index is 0.100. The molecule has 2 heterocycles. The highest BCUT2D eigenvalue weighted by atomic mass is 16.3. The zero-order chi connectivity index (χ0) is 17.6. The van der Waals surface area contributed by atoms with Gasteiger partial charge in [-0.25, -0.2) is 4.98 Å². The monoisotopic (exact) mass is 331 g/mol. The van der Waals surface area contributed by atoms with E-state index >= 15 is 0 Å². The van der Waals surface area contributed by atoms with Crippen LogP contribution in [-0.4, -0.2) is 19.6 Å². The lowest BCUT2D eigenvalue weighted by molar-refractivity contribution is 0.475. The fraction of sp³-hybridized carbons (Fsp3) is 0.100. The molecule has 0 bridgehead atoms. The van der Waals surface area contributed by atoms with Gasteiger partial charge in [0.05, 0.1) is 11.2 Å². The average molecular weight is 331 g/mol. The van der Waals surface area contributed by atoms with E-state index in [0.717, 1.165) is 39.2 Å². The first kappa shape index (κ1) is 15.2. The van der Waals surface area contributed by atoms with Crippen LogP contribution in [0.2, 0.25) is 0 Å². The molecule has 0 amide bonds. The van der Waals surface area contributed by atoms with Crippen molar-refractivity contribution in [3.8, 4) is 22.7 Å². The Hall–Kier alpha value is -3.34. The number of aryl methyl sites for hydroxylation is 2. The Labute approximate surface area is 144 Å². The largest absolute Gasteiger partial charge is 0.508 e. The van der Waals surface area contributed by atoms with Crippen LogP contribution in [-0.2, 0) is 0 Å². The van der Waals surface area contributed by atoms with Crippen LogP contribution in [0.1, 0.15) is 11.4 Å². The van der Waals surface area contributed by atoms with Crippen molar-refractivity contribution in [2.75, 3.05) is 0 Å². The van der Waals surface area contributed by atoms with Gasteiger partial charge in [-0.05, 0) is 61.9 Å². The maximum atomic E-state index is 11.5. The highest BCUT2D eigenvalue weighted by Gasteiger charge is 2.10. The van der Waals surface area contributed by atoms with Gasteiger partial charge >= 0.3 is 0 Å². The number of phenols is 1. The Bertz CT molecular complexity index is 1140. The van der Waals surface area contributed by atoms with Gasteiger partial charge in [0, 0.05) is 28.9 Å². The number of pyridine rings is 1. The Morgan fingerprint density at radius 1 is 1.04 bits per heavy atom. The molecule has 25 heavy (non-hydrogen) atoms. The number of nitrogens with one attached hydrogen (secondary N) is 1. The second-order valence-corrected chi connectivity index (χ2v) is 6.14. The molecular weight excluding hydrogens is 314 g/mol. The summed E-state index contributed by atoms with van der Waals surface area (Å²) in [6.07, 6.45) is 1.98. The van der Waals surface area contributed by atoms with Gasteiger partial charge in [0.15, 0.2) is 0 Å². The molecule has 2 aromatic heterocycles. The normalized spacial score (nSPS) is 11.1. The molecule has 0 aliphatic rings. The number of H-pyrrole nitrogens is 1. The molecule has 0 unspecified atom stereocenters. The lowest BCUT2D eigenvalue weighted by Crippen LogP contribution is -2.04. The number of hydrogen-bond acceptors (Lipinski definition) is 3. The van der Waals surface area contributed by atoms with Crippen molar-refractivity contribution in [1.82, 2.24) is 14.5 Å². The van der Waals surface area contributed by atoms with Crippen LogP contribution < -0.4 is 5.56 Å². The third kappa shape index (κ3) is 2.70. The van der Waals surface area contributed by atoms with Crippen LogP contribution in [0.5, 0.6) is 5.75 Å². The van der Waals surface area contributed by atoms with Crippen molar-refractivity contribution in [2.45, 2.75) is 13.8 Å². The summed E-state index contributed by atoms with van der Waals surface area (Å²) >= 11 is 0. The fourth-order valence-corrected chi connectivity index (χ4v) is 3.07. The van der Waals surface area contributed by atoms with E-state index in [1.54, 1.807) is 12.1 Å². The Balaban J connectivity index is 1.85.